The highest BCUT2D eigenvalue weighted by Gasteiger charge is 2.35. The third-order valence-electron chi connectivity index (χ3n) is 4.67. The van der Waals surface area contributed by atoms with E-state index in [1.165, 1.54) is 12.1 Å². The monoisotopic (exact) mass is 349 g/mol. The highest BCUT2D eigenvalue weighted by atomic mass is 19.1. The molecule has 1 N–H and O–H groups in total. The molecule has 1 fully saturated rings. The summed E-state index contributed by atoms with van der Waals surface area (Å²) in [6.45, 7) is 1.31. The molecule has 3 rings (SSSR count). The number of ether oxygens (including phenoxy) is 1. The van der Waals surface area contributed by atoms with Crippen LogP contribution in [0.5, 0.6) is 0 Å². The molecule has 25 heavy (non-hydrogen) atoms. The van der Waals surface area contributed by atoms with Crippen molar-refractivity contribution in [1.82, 2.24) is 5.32 Å². The molecule has 132 valence electrons. The van der Waals surface area contributed by atoms with Crippen LogP contribution in [0.15, 0.2) is 42.5 Å². The van der Waals surface area contributed by atoms with Gasteiger partial charge in [-0.05, 0) is 42.7 Å². The maximum absolute atomic E-state index is 13.8. The van der Waals surface area contributed by atoms with Gasteiger partial charge in [-0.15, -0.1) is 0 Å². The Bertz CT molecular complexity index is 756. The number of halogens is 3. The normalized spacial score (nSPS) is 16.4. The first kappa shape index (κ1) is 17.5. The van der Waals surface area contributed by atoms with Gasteiger partial charge in [0.15, 0.2) is 0 Å². The van der Waals surface area contributed by atoms with Gasteiger partial charge in [0, 0.05) is 31.2 Å². The van der Waals surface area contributed by atoms with E-state index in [2.05, 4.69) is 5.32 Å². The van der Waals surface area contributed by atoms with Gasteiger partial charge >= 0.3 is 0 Å². The molecule has 0 saturated carbocycles. The molecule has 0 unspecified atom stereocenters. The fraction of sp³-hybridized carbons (Fsp3) is 0.316. The second-order valence-corrected chi connectivity index (χ2v) is 6.21. The van der Waals surface area contributed by atoms with E-state index in [-0.39, 0.29) is 17.9 Å². The maximum atomic E-state index is 13.8. The number of carbonyl (C=O) groups is 1. The zero-order chi connectivity index (χ0) is 17.9. The van der Waals surface area contributed by atoms with Crippen LogP contribution >= 0.6 is 0 Å². The Morgan fingerprint density at radius 2 is 1.64 bits per heavy atom. The number of hydrogen-bond acceptors (Lipinski definition) is 2. The first-order valence-corrected chi connectivity index (χ1v) is 8.07. The summed E-state index contributed by atoms with van der Waals surface area (Å²) in [7, 11) is 0. The Labute approximate surface area is 143 Å². The number of carbonyl (C=O) groups excluding carboxylic acids is 1. The number of hydrogen-bond donors (Lipinski definition) is 1. The van der Waals surface area contributed by atoms with E-state index in [4.69, 9.17) is 4.74 Å². The Balaban J connectivity index is 1.79. The fourth-order valence-corrected chi connectivity index (χ4v) is 3.15. The quantitative estimate of drug-likeness (QED) is 0.916. The minimum absolute atomic E-state index is 0.206. The van der Waals surface area contributed by atoms with Crippen LogP contribution in [0.25, 0.3) is 0 Å². The number of amides is 1. The minimum atomic E-state index is -0.902. The first-order chi connectivity index (χ1) is 12.0. The van der Waals surface area contributed by atoms with Crippen molar-refractivity contribution in [3.8, 4) is 0 Å². The third-order valence-corrected chi connectivity index (χ3v) is 4.67. The van der Waals surface area contributed by atoms with Crippen molar-refractivity contribution in [1.29, 1.82) is 0 Å². The van der Waals surface area contributed by atoms with Crippen LogP contribution in [0.4, 0.5) is 13.2 Å². The molecule has 0 bridgehead atoms. The summed E-state index contributed by atoms with van der Waals surface area (Å²) in [5, 5.41) is 2.73. The fourth-order valence-electron chi connectivity index (χ4n) is 3.15. The van der Waals surface area contributed by atoms with Crippen LogP contribution in [0.2, 0.25) is 0 Å². The SMILES string of the molecule is O=C(NCC1(c2ccc(F)cc2)CCOCC1)c1ccc(F)cc1F. The molecule has 1 aliphatic rings. The summed E-state index contributed by atoms with van der Waals surface area (Å²) in [4.78, 5) is 12.3. The van der Waals surface area contributed by atoms with Crippen LogP contribution in [-0.4, -0.2) is 25.7 Å². The van der Waals surface area contributed by atoms with E-state index in [0.29, 0.717) is 32.1 Å². The second kappa shape index (κ2) is 7.27. The number of rotatable bonds is 4. The van der Waals surface area contributed by atoms with Crippen molar-refractivity contribution in [2.45, 2.75) is 18.3 Å². The molecule has 2 aromatic rings. The molecule has 1 heterocycles. The third kappa shape index (κ3) is 3.85. The van der Waals surface area contributed by atoms with Crippen molar-refractivity contribution >= 4 is 5.91 Å². The van der Waals surface area contributed by atoms with Crippen molar-refractivity contribution in [2.24, 2.45) is 0 Å². The topological polar surface area (TPSA) is 38.3 Å². The van der Waals surface area contributed by atoms with Crippen molar-refractivity contribution in [2.75, 3.05) is 19.8 Å². The van der Waals surface area contributed by atoms with Gasteiger partial charge in [-0.1, -0.05) is 12.1 Å². The van der Waals surface area contributed by atoms with Gasteiger partial charge in [0.25, 0.3) is 5.91 Å². The van der Waals surface area contributed by atoms with E-state index in [0.717, 1.165) is 17.7 Å². The van der Waals surface area contributed by atoms with Crippen molar-refractivity contribution < 1.29 is 22.7 Å². The second-order valence-electron chi connectivity index (χ2n) is 6.21. The van der Waals surface area contributed by atoms with Gasteiger partial charge in [-0.25, -0.2) is 13.2 Å². The van der Waals surface area contributed by atoms with Gasteiger partial charge in [0.2, 0.25) is 0 Å². The van der Waals surface area contributed by atoms with Crippen LogP contribution < -0.4 is 5.32 Å². The molecular weight excluding hydrogens is 331 g/mol. The summed E-state index contributed by atoms with van der Waals surface area (Å²) in [6, 6.07) is 9.01. The van der Waals surface area contributed by atoms with Gasteiger partial charge < -0.3 is 10.1 Å². The molecule has 2 aromatic carbocycles. The molecular formula is C19H18F3NO2. The van der Waals surface area contributed by atoms with Crippen LogP contribution in [0.1, 0.15) is 28.8 Å². The zero-order valence-corrected chi connectivity index (χ0v) is 13.5. The lowest BCUT2D eigenvalue weighted by Gasteiger charge is -2.38. The molecule has 0 atom stereocenters. The summed E-state index contributed by atoms with van der Waals surface area (Å²) in [5.74, 6) is -2.57. The van der Waals surface area contributed by atoms with E-state index < -0.39 is 23.0 Å². The lowest BCUT2D eigenvalue weighted by molar-refractivity contribution is 0.0486. The van der Waals surface area contributed by atoms with Gasteiger partial charge in [0.05, 0.1) is 5.56 Å². The van der Waals surface area contributed by atoms with Crippen molar-refractivity contribution in [3.05, 3.63) is 71.0 Å². The lowest BCUT2D eigenvalue weighted by Crippen LogP contribution is -2.44. The molecule has 1 amide bonds. The Hall–Kier alpha value is -2.34. The molecule has 3 nitrogen and oxygen atoms in total. The minimum Gasteiger partial charge on any atom is -0.381 e. The van der Waals surface area contributed by atoms with Crippen LogP contribution in [-0.2, 0) is 10.2 Å². The smallest absolute Gasteiger partial charge is 0.254 e. The summed E-state index contributed by atoms with van der Waals surface area (Å²) in [5.41, 5.74) is 0.290. The van der Waals surface area contributed by atoms with Gasteiger partial charge in [-0.3, -0.25) is 4.79 Å². The average Bonchev–Trinajstić information content (AvgIpc) is 2.61. The Morgan fingerprint density at radius 1 is 1.00 bits per heavy atom. The van der Waals surface area contributed by atoms with Gasteiger partial charge in [-0.2, -0.15) is 0 Å². The van der Waals surface area contributed by atoms with Gasteiger partial charge in [0.1, 0.15) is 17.5 Å². The lowest BCUT2D eigenvalue weighted by atomic mass is 9.74. The molecule has 0 radical (unpaired) electrons. The zero-order valence-electron chi connectivity index (χ0n) is 13.5. The molecule has 0 aliphatic carbocycles. The largest absolute Gasteiger partial charge is 0.381 e. The van der Waals surface area contributed by atoms with Crippen LogP contribution in [0, 0.1) is 17.5 Å². The van der Waals surface area contributed by atoms with E-state index in [1.54, 1.807) is 12.1 Å². The molecule has 0 spiro atoms. The predicted octanol–water partition coefficient (Wildman–Crippen LogP) is 3.58. The Morgan fingerprint density at radius 3 is 2.28 bits per heavy atom. The van der Waals surface area contributed by atoms with E-state index in [1.807, 2.05) is 0 Å². The van der Waals surface area contributed by atoms with E-state index in [9.17, 15) is 18.0 Å². The summed E-state index contributed by atoms with van der Waals surface area (Å²) < 4.78 is 45.4. The standard InChI is InChI=1S/C19H18F3NO2/c20-14-3-1-13(2-4-14)19(7-9-25-10-8-19)12-23-18(24)16-6-5-15(21)11-17(16)22/h1-6,11H,7-10,12H2,(H,23,24). The highest BCUT2D eigenvalue weighted by Crippen LogP contribution is 2.34. The molecule has 1 saturated heterocycles. The molecule has 0 aromatic heterocycles. The molecule has 6 heteroatoms. The molecule has 1 aliphatic heterocycles. The first-order valence-electron chi connectivity index (χ1n) is 8.07. The predicted molar refractivity (Wildman–Crippen MR) is 86.8 cm³/mol. The number of nitrogens with one attached hydrogen (secondary N) is 1. The average molecular weight is 349 g/mol. The maximum Gasteiger partial charge on any atom is 0.254 e. The van der Waals surface area contributed by atoms with E-state index >= 15 is 0 Å². The van der Waals surface area contributed by atoms with Crippen LogP contribution in [0.3, 0.4) is 0 Å². The Kier molecular flexibility index (Phi) is 5.08. The summed E-state index contributed by atoms with van der Waals surface area (Å²) in [6.07, 6.45) is 1.32. The summed E-state index contributed by atoms with van der Waals surface area (Å²) >= 11 is 0. The highest BCUT2D eigenvalue weighted by molar-refractivity contribution is 5.94. The number of benzene rings is 2. The van der Waals surface area contributed by atoms with Crippen molar-refractivity contribution in [3.63, 3.8) is 0 Å².